The quantitative estimate of drug-likeness (QED) is 0.311. The van der Waals surface area contributed by atoms with Crippen molar-refractivity contribution in [3.05, 3.63) is 107 Å². The van der Waals surface area contributed by atoms with Gasteiger partial charge in [-0.3, -0.25) is 4.57 Å². The van der Waals surface area contributed by atoms with E-state index < -0.39 is 0 Å². The van der Waals surface area contributed by atoms with Crippen LogP contribution in [0.4, 0.5) is 0 Å². The van der Waals surface area contributed by atoms with Crippen LogP contribution in [-0.2, 0) is 12.8 Å². The van der Waals surface area contributed by atoms with Gasteiger partial charge in [-0.05, 0) is 71.5 Å². The maximum atomic E-state index is 4.90. The summed E-state index contributed by atoms with van der Waals surface area (Å²) >= 11 is 0. The van der Waals surface area contributed by atoms with Crippen LogP contribution in [0.25, 0.3) is 39.4 Å². The van der Waals surface area contributed by atoms with E-state index in [-0.39, 0.29) is 0 Å². The van der Waals surface area contributed by atoms with Gasteiger partial charge < -0.3 is 0 Å². The Hall–Kier alpha value is -4.65. The third-order valence-corrected chi connectivity index (χ3v) is 6.68. The van der Waals surface area contributed by atoms with E-state index in [0.29, 0.717) is 5.82 Å². The number of pyridine rings is 1. The third kappa shape index (κ3) is 4.29. The number of tetrazole rings is 1. The molecule has 0 radical (unpaired) electrons. The van der Waals surface area contributed by atoms with Crippen molar-refractivity contribution in [1.29, 1.82) is 0 Å². The minimum Gasteiger partial charge on any atom is -0.281 e. The molecule has 0 amide bonds. The van der Waals surface area contributed by atoms with E-state index in [4.69, 9.17) is 9.97 Å². The minimum absolute atomic E-state index is 0.578. The summed E-state index contributed by atoms with van der Waals surface area (Å²) < 4.78 is 2.17. The third-order valence-electron chi connectivity index (χ3n) is 6.68. The standard InChI is InChI=1S/C30H27N7/c1-4-27-32-28-19(2)16-20(3)31-30(28)37(27)24-13-11-23(12-14-24)26-18-22(17-21-8-6-5-7-9-21)10-15-25(26)29-33-35-36-34-29/h5-16,18H,4,17H2,1-3H3,(H,33,34,35,36). The Bertz CT molecular complexity index is 1680. The molecule has 0 aliphatic heterocycles. The number of hydrogen-bond donors (Lipinski definition) is 1. The smallest absolute Gasteiger partial charge is 0.205 e. The van der Waals surface area contributed by atoms with Crippen LogP contribution in [0.5, 0.6) is 0 Å². The number of nitrogens with zero attached hydrogens (tertiary/aromatic N) is 6. The van der Waals surface area contributed by atoms with Crippen LogP contribution in [0.1, 0.15) is 35.1 Å². The van der Waals surface area contributed by atoms with E-state index in [2.05, 4.69) is 112 Å². The first kappa shape index (κ1) is 22.8. The molecule has 37 heavy (non-hydrogen) atoms. The van der Waals surface area contributed by atoms with Crippen LogP contribution in [0.15, 0.2) is 78.9 Å². The summed E-state index contributed by atoms with van der Waals surface area (Å²) in [7, 11) is 0. The van der Waals surface area contributed by atoms with Gasteiger partial charge in [-0.25, -0.2) is 9.97 Å². The van der Waals surface area contributed by atoms with Gasteiger partial charge in [0.2, 0.25) is 5.82 Å². The number of rotatable bonds is 6. The van der Waals surface area contributed by atoms with E-state index in [0.717, 1.165) is 63.5 Å². The van der Waals surface area contributed by atoms with E-state index in [1.165, 1.54) is 11.1 Å². The number of imidazole rings is 1. The minimum atomic E-state index is 0.578. The van der Waals surface area contributed by atoms with Crippen molar-refractivity contribution in [2.45, 2.75) is 33.6 Å². The summed E-state index contributed by atoms with van der Waals surface area (Å²) in [5.74, 6) is 1.58. The summed E-state index contributed by atoms with van der Waals surface area (Å²) in [4.78, 5) is 9.74. The Kier molecular flexibility index (Phi) is 5.81. The molecule has 3 heterocycles. The molecule has 6 rings (SSSR count). The second kappa shape index (κ2) is 9.43. The van der Waals surface area contributed by atoms with Gasteiger partial charge in [0.1, 0.15) is 11.3 Å². The lowest BCUT2D eigenvalue weighted by molar-refractivity contribution is 0.881. The number of H-pyrrole nitrogens is 1. The lowest BCUT2D eigenvalue weighted by Gasteiger charge is -2.13. The monoisotopic (exact) mass is 485 g/mol. The molecular formula is C30H27N7. The molecule has 0 saturated carbocycles. The molecule has 0 unspecified atom stereocenters. The lowest BCUT2D eigenvalue weighted by atomic mass is 9.94. The van der Waals surface area contributed by atoms with Crippen LogP contribution in [0, 0.1) is 13.8 Å². The Balaban J connectivity index is 1.44. The normalized spacial score (nSPS) is 11.3. The molecule has 0 spiro atoms. The fourth-order valence-corrected chi connectivity index (χ4v) is 4.95. The van der Waals surface area contributed by atoms with E-state index in [1.807, 2.05) is 13.0 Å². The van der Waals surface area contributed by atoms with Gasteiger partial charge in [0.15, 0.2) is 5.65 Å². The summed E-state index contributed by atoms with van der Waals surface area (Å²) in [6.07, 6.45) is 1.67. The highest BCUT2D eigenvalue weighted by atomic mass is 15.5. The first-order chi connectivity index (χ1) is 18.1. The number of aromatic amines is 1. The molecular weight excluding hydrogens is 458 g/mol. The van der Waals surface area contributed by atoms with Gasteiger partial charge in [0.05, 0.1) is 0 Å². The van der Waals surface area contributed by atoms with Crippen LogP contribution < -0.4 is 0 Å². The van der Waals surface area contributed by atoms with Crippen molar-refractivity contribution in [2.75, 3.05) is 0 Å². The van der Waals surface area contributed by atoms with Crippen LogP contribution in [-0.4, -0.2) is 35.2 Å². The maximum absolute atomic E-state index is 4.90. The summed E-state index contributed by atoms with van der Waals surface area (Å²) in [6, 6.07) is 27.6. The molecule has 6 aromatic rings. The van der Waals surface area contributed by atoms with Crippen molar-refractivity contribution in [3.8, 4) is 28.2 Å². The van der Waals surface area contributed by atoms with E-state index in [9.17, 15) is 0 Å². The Morgan fingerprint density at radius 1 is 0.811 bits per heavy atom. The van der Waals surface area contributed by atoms with Gasteiger partial charge in [-0.15, -0.1) is 10.2 Å². The molecule has 7 nitrogen and oxygen atoms in total. The molecule has 0 atom stereocenters. The zero-order valence-electron chi connectivity index (χ0n) is 21.1. The average Bonchev–Trinajstić information content (AvgIpc) is 3.58. The SMILES string of the molecule is CCc1nc2c(C)cc(C)nc2n1-c1ccc(-c2cc(Cc3ccccc3)ccc2-c2nn[nH]n2)cc1. The molecule has 0 aliphatic carbocycles. The zero-order chi connectivity index (χ0) is 25.4. The largest absolute Gasteiger partial charge is 0.281 e. The van der Waals surface area contributed by atoms with Crippen LogP contribution in [0.3, 0.4) is 0 Å². The first-order valence-corrected chi connectivity index (χ1v) is 12.5. The predicted octanol–water partition coefficient (Wildman–Crippen LogP) is 6.04. The molecule has 0 saturated heterocycles. The Labute approximate surface area is 215 Å². The Morgan fingerprint density at radius 3 is 2.35 bits per heavy atom. The maximum Gasteiger partial charge on any atom is 0.205 e. The van der Waals surface area contributed by atoms with Gasteiger partial charge in [-0.1, -0.05) is 67.6 Å². The fourth-order valence-electron chi connectivity index (χ4n) is 4.95. The van der Waals surface area contributed by atoms with Crippen molar-refractivity contribution in [2.24, 2.45) is 0 Å². The van der Waals surface area contributed by atoms with Crippen molar-refractivity contribution < 1.29 is 0 Å². The van der Waals surface area contributed by atoms with Crippen molar-refractivity contribution in [3.63, 3.8) is 0 Å². The molecule has 1 N–H and O–H groups in total. The summed E-state index contributed by atoms with van der Waals surface area (Å²) in [6.45, 7) is 6.25. The molecule has 0 fully saturated rings. The number of hydrogen-bond acceptors (Lipinski definition) is 5. The Morgan fingerprint density at radius 2 is 1.62 bits per heavy atom. The number of benzene rings is 3. The molecule has 3 aromatic carbocycles. The van der Waals surface area contributed by atoms with Crippen LogP contribution >= 0.6 is 0 Å². The fraction of sp³-hybridized carbons (Fsp3) is 0.167. The molecule has 3 aromatic heterocycles. The van der Waals surface area contributed by atoms with E-state index >= 15 is 0 Å². The van der Waals surface area contributed by atoms with Gasteiger partial charge >= 0.3 is 0 Å². The second-order valence-electron chi connectivity index (χ2n) is 9.29. The molecule has 7 heteroatoms. The number of fused-ring (bicyclic) bond motifs is 1. The van der Waals surface area contributed by atoms with Crippen molar-refractivity contribution >= 4 is 11.2 Å². The molecule has 182 valence electrons. The van der Waals surface area contributed by atoms with Gasteiger partial charge in [0.25, 0.3) is 0 Å². The lowest BCUT2D eigenvalue weighted by Crippen LogP contribution is -2.01. The molecule has 0 bridgehead atoms. The zero-order valence-corrected chi connectivity index (χ0v) is 21.1. The topological polar surface area (TPSA) is 85.2 Å². The number of aromatic nitrogens is 7. The van der Waals surface area contributed by atoms with Crippen molar-refractivity contribution in [1.82, 2.24) is 35.2 Å². The van der Waals surface area contributed by atoms with E-state index in [1.54, 1.807) is 0 Å². The predicted molar refractivity (Wildman–Crippen MR) is 146 cm³/mol. The average molecular weight is 486 g/mol. The highest BCUT2D eigenvalue weighted by molar-refractivity contribution is 5.82. The summed E-state index contributed by atoms with van der Waals surface area (Å²) in [5, 5.41) is 14.9. The van der Waals surface area contributed by atoms with Gasteiger partial charge in [0, 0.05) is 23.4 Å². The highest BCUT2D eigenvalue weighted by Gasteiger charge is 2.16. The number of aryl methyl sites for hydroxylation is 3. The van der Waals surface area contributed by atoms with Crippen LogP contribution in [0.2, 0.25) is 0 Å². The number of nitrogens with one attached hydrogen (secondary N) is 1. The molecule has 0 aliphatic rings. The first-order valence-electron chi connectivity index (χ1n) is 12.5. The van der Waals surface area contributed by atoms with Gasteiger partial charge in [-0.2, -0.15) is 5.21 Å². The summed E-state index contributed by atoms with van der Waals surface area (Å²) in [5.41, 5.74) is 10.6. The second-order valence-corrected chi connectivity index (χ2v) is 9.29. The highest BCUT2D eigenvalue weighted by Crippen LogP contribution is 2.33.